The number of amides is 1. The van der Waals surface area contributed by atoms with Gasteiger partial charge in [-0.3, -0.25) is 10.2 Å². The fourth-order valence-electron chi connectivity index (χ4n) is 0.858. The summed E-state index contributed by atoms with van der Waals surface area (Å²) in [6.07, 6.45) is -3.89. The second-order valence-electron chi connectivity index (χ2n) is 2.50. The Hall–Kier alpha value is -1.35. The molecule has 0 bridgehead atoms. The lowest BCUT2D eigenvalue weighted by Crippen LogP contribution is -2.30. The van der Waals surface area contributed by atoms with Crippen molar-refractivity contribution in [1.82, 2.24) is 10.4 Å². The van der Waals surface area contributed by atoms with E-state index >= 15 is 0 Å². The third kappa shape index (κ3) is 3.07. The van der Waals surface area contributed by atoms with E-state index in [9.17, 15) is 18.0 Å². The van der Waals surface area contributed by atoms with Crippen molar-refractivity contribution >= 4 is 21.8 Å². The number of nitrogens with two attached hydrogens (primary N) is 1. The Morgan fingerprint density at radius 2 is 2.19 bits per heavy atom. The summed E-state index contributed by atoms with van der Waals surface area (Å²) < 4.78 is 39.1. The van der Waals surface area contributed by atoms with Crippen molar-refractivity contribution in [2.24, 2.45) is 5.84 Å². The number of alkyl halides is 3. The molecule has 0 aromatic carbocycles. The lowest BCUT2D eigenvalue weighted by atomic mass is 10.2. The molecule has 1 heterocycles. The minimum absolute atomic E-state index is 0.114. The predicted molar refractivity (Wildman–Crippen MR) is 50.3 cm³/mol. The zero-order chi connectivity index (χ0) is 12.3. The maximum Gasteiger partial charge on any atom is 0.574 e. The molecule has 1 rings (SSSR count). The topological polar surface area (TPSA) is 77.2 Å². The molecule has 0 fully saturated rings. The van der Waals surface area contributed by atoms with Crippen LogP contribution in [0.25, 0.3) is 0 Å². The number of hydrogen-bond donors (Lipinski definition) is 2. The monoisotopic (exact) mass is 299 g/mol. The summed E-state index contributed by atoms with van der Waals surface area (Å²) in [6, 6.07) is 1.19. The summed E-state index contributed by atoms with van der Waals surface area (Å²) in [5.41, 5.74) is 1.66. The van der Waals surface area contributed by atoms with E-state index in [4.69, 9.17) is 5.84 Å². The molecule has 0 saturated heterocycles. The number of carbonyl (C=O) groups excluding carboxylic acids is 1. The summed E-state index contributed by atoms with van der Waals surface area (Å²) in [5.74, 6) is 3.33. The van der Waals surface area contributed by atoms with Crippen molar-refractivity contribution in [3.63, 3.8) is 0 Å². The smallest absolute Gasteiger partial charge is 0.387 e. The number of aromatic nitrogens is 1. The van der Waals surface area contributed by atoms with Gasteiger partial charge in [-0.25, -0.2) is 10.8 Å². The van der Waals surface area contributed by atoms with Gasteiger partial charge in [0.05, 0.1) is 10.0 Å². The van der Waals surface area contributed by atoms with E-state index in [1.165, 1.54) is 6.07 Å². The van der Waals surface area contributed by atoms with Gasteiger partial charge in [0.1, 0.15) is 0 Å². The molecule has 5 nitrogen and oxygen atoms in total. The summed E-state index contributed by atoms with van der Waals surface area (Å²) in [4.78, 5) is 14.5. The molecule has 0 aliphatic rings. The van der Waals surface area contributed by atoms with Gasteiger partial charge in [0, 0.05) is 6.20 Å². The second-order valence-corrected chi connectivity index (χ2v) is 3.29. The second kappa shape index (κ2) is 4.66. The molecule has 0 unspecified atom stereocenters. The average molecular weight is 300 g/mol. The van der Waals surface area contributed by atoms with Gasteiger partial charge in [-0.15, -0.1) is 13.2 Å². The minimum atomic E-state index is -4.88. The van der Waals surface area contributed by atoms with Crippen molar-refractivity contribution in [1.29, 1.82) is 0 Å². The third-order valence-corrected chi connectivity index (χ3v) is 2.21. The molecule has 9 heteroatoms. The van der Waals surface area contributed by atoms with Crippen molar-refractivity contribution in [2.75, 3.05) is 0 Å². The molecular weight excluding hydrogens is 295 g/mol. The number of hydrogen-bond acceptors (Lipinski definition) is 4. The quantitative estimate of drug-likeness (QED) is 0.491. The van der Waals surface area contributed by atoms with E-state index < -0.39 is 18.1 Å². The molecule has 1 amide bonds. The van der Waals surface area contributed by atoms with Crippen LogP contribution in [0.3, 0.4) is 0 Å². The lowest BCUT2D eigenvalue weighted by Gasteiger charge is -2.10. The Kier molecular flexibility index (Phi) is 3.70. The molecule has 1 aromatic heterocycles. The van der Waals surface area contributed by atoms with Crippen LogP contribution in [0.2, 0.25) is 0 Å². The molecule has 0 atom stereocenters. The van der Waals surface area contributed by atoms with E-state index in [1.54, 1.807) is 5.43 Å². The van der Waals surface area contributed by atoms with E-state index in [0.29, 0.717) is 0 Å². The molecule has 0 aliphatic carbocycles. The van der Waals surface area contributed by atoms with E-state index in [0.717, 1.165) is 6.20 Å². The first-order chi connectivity index (χ1) is 7.35. The van der Waals surface area contributed by atoms with Crippen LogP contribution in [-0.4, -0.2) is 17.3 Å². The van der Waals surface area contributed by atoms with Crippen LogP contribution in [0.4, 0.5) is 13.2 Å². The van der Waals surface area contributed by atoms with Crippen LogP contribution >= 0.6 is 15.9 Å². The molecule has 3 N–H and O–H groups in total. The normalized spacial score (nSPS) is 11.1. The maximum atomic E-state index is 11.9. The van der Waals surface area contributed by atoms with Crippen LogP contribution < -0.4 is 16.0 Å². The number of nitrogens with zero attached hydrogens (tertiary/aromatic N) is 1. The highest BCUT2D eigenvalue weighted by Gasteiger charge is 2.33. The highest BCUT2D eigenvalue weighted by molar-refractivity contribution is 9.10. The van der Waals surface area contributed by atoms with E-state index in [2.05, 4.69) is 25.7 Å². The molecule has 0 radical (unpaired) electrons. The zero-order valence-corrected chi connectivity index (χ0v) is 9.09. The van der Waals surface area contributed by atoms with Gasteiger partial charge >= 0.3 is 6.36 Å². The van der Waals surface area contributed by atoms with Crippen LogP contribution in [0.5, 0.6) is 5.88 Å². The molecule has 0 aliphatic heterocycles. The summed E-state index contributed by atoms with van der Waals surface area (Å²) >= 11 is 2.77. The SMILES string of the molecule is NNC(=O)c1ccnc(OC(F)(F)F)c1Br. The van der Waals surface area contributed by atoms with Gasteiger partial charge < -0.3 is 4.74 Å². The minimum Gasteiger partial charge on any atom is -0.387 e. The van der Waals surface area contributed by atoms with Crippen molar-refractivity contribution in [3.8, 4) is 5.88 Å². The number of nitrogens with one attached hydrogen (secondary N) is 1. The van der Waals surface area contributed by atoms with Gasteiger partial charge in [0.25, 0.3) is 5.91 Å². The van der Waals surface area contributed by atoms with Crippen LogP contribution in [0, 0.1) is 0 Å². The number of hydrazine groups is 1. The molecule has 16 heavy (non-hydrogen) atoms. The number of pyridine rings is 1. The van der Waals surface area contributed by atoms with Crippen LogP contribution in [0.1, 0.15) is 10.4 Å². The highest BCUT2D eigenvalue weighted by atomic mass is 79.9. The molecular formula is C7H5BrF3N3O2. The fourth-order valence-corrected chi connectivity index (χ4v) is 1.35. The van der Waals surface area contributed by atoms with Crippen LogP contribution in [-0.2, 0) is 0 Å². The van der Waals surface area contributed by atoms with Crippen LogP contribution in [0.15, 0.2) is 16.7 Å². The van der Waals surface area contributed by atoms with Crippen molar-refractivity contribution < 1.29 is 22.7 Å². The van der Waals surface area contributed by atoms with E-state index in [1.807, 2.05) is 0 Å². The molecule has 1 aromatic rings. The predicted octanol–water partition coefficient (Wildman–Crippen LogP) is 1.35. The number of halogens is 4. The Balaban J connectivity index is 3.09. The Labute approximate surface area is 95.9 Å². The average Bonchev–Trinajstić information content (AvgIpc) is 2.18. The zero-order valence-electron chi connectivity index (χ0n) is 7.51. The summed E-state index contributed by atoms with van der Waals surface area (Å²) in [7, 11) is 0. The summed E-state index contributed by atoms with van der Waals surface area (Å²) in [6.45, 7) is 0. The first kappa shape index (κ1) is 12.7. The fraction of sp³-hybridized carbons (Fsp3) is 0.143. The standard InChI is InChI=1S/C7H5BrF3N3O2/c8-4-3(5(15)14-12)1-2-13-6(4)16-7(9,10)11/h1-2H,12H2,(H,14,15). The number of carbonyl (C=O) groups is 1. The first-order valence-electron chi connectivity index (χ1n) is 3.76. The maximum absolute atomic E-state index is 11.9. The molecule has 0 saturated carbocycles. The Morgan fingerprint density at radius 1 is 1.56 bits per heavy atom. The van der Waals surface area contributed by atoms with Crippen molar-refractivity contribution in [3.05, 3.63) is 22.3 Å². The number of nitrogen functional groups attached to an aromatic ring is 1. The molecule has 88 valence electrons. The van der Waals surface area contributed by atoms with Gasteiger partial charge in [0.2, 0.25) is 5.88 Å². The highest BCUT2D eigenvalue weighted by Crippen LogP contribution is 2.30. The first-order valence-corrected chi connectivity index (χ1v) is 4.55. The van der Waals surface area contributed by atoms with Gasteiger partial charge in [-0.2, -0.15) is 0 Å². The van der Waals surface area contributed by atoms with Crippen molar-refractivity contribution in [2.45, 2.75) is 6.36 Å². The Bertz CT molecular complexity index is 410. The van der Waals surface area contributed by atoms with Gasteiger partial charge in [-0.05, 0) is 22.0 Å². The lowest BCUT2D eigenvalue weighted by molar-refractivity contribution is -0.276. The summed E-state index contributed by atoms with van der Waals surface area (Å²) in [5, 5.41) is 0. The molecule has 0 spiro atoms. The Morgan fingerprint density at radius 3 is 2.69 bits per heavy atom. The third-order valence-electron chi connectivity index (χ3n) is 1.45. The number of rotatable bonds is 2. The largest absolute Gasteiger partial charge is 0.574 e. The van der Waals surface area contributed by atoms with Gasteiger partial charge in [0.15, 0.2) is 0 Å². The van der Waals surface area contributed by atoms with Gasteiger partial charge in [-0.1, -0.05) is 0 Å². The number of ether oxygens (including phenoxy) is 1. The van der Waals surface area contributed by atoms with E-state index in [-0.39, 0.29) is 10.0 Å².